The number of ether oxygens (including phenoxy) is 1. The van der Waals surface area contributed by atoms with Crippen molar-refractivity contribution in [3.8, 4) is 5.75 Å². The van der Waals surface area contributed by atoms with Crippen molar-refractivity contribution in [2.24, 2.45) is 0 Å². The molecule has 0 saturated carbocycles. The van der Waals surface area contributed by atoms with E-state index < -0.39 is 0 Å². The number of benzene rings is 2. The Bertz CT molecular complexity index is 572. The quantitative estimate of drug-likeness (QED) is 0.849. The van der Waals surface area contributed by atoms with Gasteiger partial charge in [0.2, 0.25) is 0 Å². The van der Waals surface area contributed by atoms with Crippen molar-refractivity contribution in [2.45, 2.75) is 19.6 Å². The summed E-state index contributed by atoms with van der Waals surface area (Å²) in [5.74, 6) is 0.912. The van der Waals surface area contributed by atoms with Gasteiger partial charge in [-0.3, -0.25) is 4.90 Å². The Morgan fingerprint density at radius 1 is 1.11 bits per heavy atom. The fraction of sp³-hybridized carbons (Fsp3) is 0.250. The molecule has 0 amide bonds. The molecule has 2 aromatic rings. The predicted octanol–water partition coefficient (Wildman–Crippen LogP) is 3.97. The second-order valence-electron chi connectivity index (χ2n) is 4.87. The molecular weight excluding hydrogens is 302 g/mol. The minimum atomic E-state index is 0.912. The minimum Gasteiger partial charge on any atom is -0.497 e. The molecule has 3 heteroatoms. The zero-order chi connectivity index (χ0) is 13.2. The average molecular weight is 318 g/mol. The second-order valence-corrected chi connectivity index (χ2v) is 5.73. The second kappa shape index (κ2) is 5.35. The van der Waals surface area contributed by atoms with Gasteiger partial charge < -0.3 is 4.74 Å². The Balaban J connectivity index is 1.77. The number of rotatable bonds is 3. The third-order valence-electron chi connectivity index (χ3n) is 3.55. The molecule has 2 nitrogen and oxygen atoms in total. The lowest BCUT2D eigenvalue weighted by atomic mass is 10.1. The van der Waals surface area contributed by atoms with Gasteiger partial charge in [0.25, 0.3) is 0 Å². The molecule has 3 rings (SSSR count). The SMILES string of the molecule is COc1ccc(Br)c(CN2Cc3ccccc3C2)c1. The summed E-state index contributed by atoms with van der Waals surface area (Å²) in [6.07, 6.45) is 0. The molecule has 0 atom stereocenters. The van der Waals surface area contributed by atoms with Crippen molar-refractivity contribution in [2.75, 3.05) is 7.11 Å². The van der Waals surface area contributed by atoms with E-state index in [2.05, 4.69) is 57.2 Å². The van der Waals surface area contributed by atoms with Gasteiger partial charge in [0, 0.05) is 24.1 Å². The van der Waals surface area contributed by atoms with Gasteiger partial charge in [0.15, 0.2) is 0 Å². The minimum absolute atomic E-state index is 0.912. The molecular formula is C16H16BrNO. The smallest absolute Gasteiger partial charge is 0.119 e. The average Bonchev–Trinajstić information content (AvgIpc) is 2.83. The molecule has 1 aliphatic heterocycles. The molecule has 0 aliphatic carbocycles. The van der Waals surface area contributed by atoms with E-state index in [1.165, 1.54) is 16.7 Å². The molecule has 0 radical (unpaired) electrons. The van der Waals surface area contributed by atoms with Crippen LogP contribution in [0.5, 0.6) is 5.75 Å². The Hall–Kier alpha value is -1.32. The molecule has 0 bridgehead atoms. The van der Waals surface area contributed by atoms with Crippen LogP contribution in [0.15, 0.2) is 46.9 Å². The van der Waals surface area contributed by atoms with Gasteiger partial charge in [-0.2, -0.15) is 0 Å². The van der Waals surface area contributed by atoms with Crippen LogP contribution in [0.1, 0.15) is 16.7 Å². The van der Waals surface area contributed by atoms with Gasteiger partial charge in [-0.25, -0.2) is 0 Å². The predicted molar refractivity (Wildman–Crippen MR) is 80.1 cm³/mol. The van der Waals surface area contributed by atoms with E-state index in [4.69, 9.17) is 4.74 Å². The highest BCUT2D eigenvalue weighted by Gasteiger charge is 2.19. The first-order valence-electron chi connectivity index (χ1n) is 6.38. The first-order chi connectivity index (χ1) is 9.26. The standard InChI is InChI=1S/C16H16BrNO/c1-19-15-6-7-16(17)14(8-15)11-18-9-12-4-2-3-5-13(12)10-18/h2-8H,9-11H2,1H3. The number of hydrogen-bond acceptors (Lipinski definition) is 2. The van der Waals surface area contributed by atoms with Crippen molar-refractivity contribution >= 4 is 15.9 Å². The van der Waals surface area contributed by atoms with Gasteiger partial charge in [-0.15, -0.1) is 0 Å². The zero-order valence-electron chi connectivity index (χ0n) is 10.9. The third-order valence-corrected chi connectivity index (χ3v) is 4.33. The number of methoxy groups -OCH3 is 1. The van der Waals surface area contributed by atoms with E-state index in [1.54, 1.807) is 7.11 Å². The van der Waals surface area contributed by atoms with Gasteiger partial charge >= 0.3 is 0 Å². The molecule has 19 heavy (non-hydrogen) atoms. The molecule has 0 fully saturated rings. The Kier molecular flexibility index (Phi) is 3.58. The summed E-state index contributed by atoms with van der Waals surface area (Å²) >= 11 is 3.62. The molecule has 0 spiro atoms. The summed E-state index contributed by atoms with van der Waals surface area (Å²) in [6.45, 7) is 2.99. The normalized spacial score (nSPS) is 14.4. The van der Waals surface area contributed by atoms with E-state index >= 15 is 0 Å². The molecule has 1 aliphatic rings. The van der Waals surface area contributed by atoms with Gasteiger partial charge in [0.1, 0.15) is 5.75 Å². The van der Waals surface area contributed by atoms with Crippen LogP contribution in [-0.4, -0.2) is 12.0 Å². The van der Waals surface area contributed by atoms with Crippen LogP contribution < -0.4 is 4.74 Å². The lowest BCUT2D eigenvalue weighted by Crippen LogP contribution is -2.15. The highest BCUT2D eigenvalue weighted by Crippen LogP contribution is 2.28. The molecule has 0 saturated heterocycles. The van der Waals surface area contributed by atoms with Crippen molar-refractivity contribution in [3.05, 3.63) is 63.6 Å². The number of hydrogen-bond donors (Lipinski definition) is 0. The summed E-state index contributed by atoms with van der Waals surface area (Å²) in [7, 11) is 1.71. The van der Waals surface area contributed by atoms with Crippen LogP contribution >= 0.6 is 15.9 Å². The summed E-state index contributed by atoms with van der Waals surface area (Å²) in [5, 5.41) is 0. The first-order valence-corrected chi connectivity index (χ1v) is 7.17. The van der Waals surface area contributed by atoms with Gasteiger partial charge in [0.05, 0.1) is 7.11 Å². The van der Waals surface area contributed by atoms with E-state index in [0.29, 0.717) is 0 Å². The lowest BCUT2D eigenvalue weighted by Gasteiger charge is -2.16. The largest absolute Gasteiger partial charge is 0.497 e. The van der Waals surface area contributed by atoms with Crippen LogP contribution in [0.4, 0.5) is 0 Å². The molecule has 1 heterocycles. The molecule has 0 N–H and O–H groups in total. The van der Waals surface area contributed by atoms with E-state index in [-0.39, 0.29) is 0 Å². The van der Waals surface area contributed by atoms with E-state index in [0.717, 1.165) is 29.9 Å². The number of halogens is 1. The summed E-state index contributed by atoms with van der Waals surface area (Å²) in [5.41, 5.74) is 4.16. The van der Waals surface area contributed by atoms with Gasteiger partial charge in [-0.05, 0) is 34.9 Å². The molecule has 0 unspecified atom stereocenters. The fourth-order valence-electron chi connectivity index (χ4n) is 2.56. The van der Waals surface area contributed by atoms with Crippen molar-refractivity contribution < 1.29 is 4.74 Å². The van der Waals surface area contributed by atoms with E-state index in [1.807, 2.05) is 6.07 Å². The summed E-state index contributed by atoms with van der Waals surface area (Å²) in [6, 6.07) is 14.8. The van der Waals surface area contributed by atoms with Crippen LogP contribution in [0.2, 0.25) is 0 Å². The van der Waals surface area contributed by atoms with Crippen LogP contribution in [0.25, 0.3) is 0 Å². The topological polar surface area (TPSA) is 12.5 Å². The first kappa shape index (κ1) is 12.7. The van der Waals surface area contributed by atoms with Crippen LogP contribution in [0, 0.1) is 0 Å². The molecule has 0 aromatic heterocycles. The highest BCUT2D eigenvalue weighted by molar-refractivity contribution is 9.10. The summed E-state index contributed by atoms with van der Waals surface area (Å²) < 4.78 is 6.44. The monoisotopic (exact) mass is 317 g/mol. The Labute approximate surface area is 122 Å². The van der Waals surface area contributed by atoms with E-state index in [9.17, 15) is 0 Å². The van der Waals surface area contributed by atoms with Crippen LogP contribution in [0.3, 0.4) is 0 Å². The lowest BCUT2D eigenvalue weighted by molar-refractivity contribution is 0.274. The third kappa shape index (κ3) is 2.67. The summed E-state index contributed by atoms with van der Waals surface area (Å²) in [4.78, 5) is 2.45. The maximum Gasteiger partial charge on any atom is 0.119 e. The maximum atomic E-state index is 5.30. The zero-order valence-corrected chi connectivity index (χ0v) is 12.5. The van der Waals surface area contributed by atoms with Crippen molar-refractivity contribution in [3.63, 3.8) is 0 Å². The molecule has 2 aromatic carbocycles. The Morgan fingerprint density at radius 2 is 1.79 bits per heavy atom. The Morgan fingerprint density at radius 3 is 2.42 bits per heavy atom. The van der Waals surface area contributed by atoms with Gasteiger partial charge in [-0.1, -0.05) is 40.2 Å². The van der Waals surface area contributed by atoms with Crippen molar-refractivity contribution in [1.82, 2.24) is 4.90 Å². The van der Waals surface area contributed by atoms with Crippen molar-refractivity contribution in [1.29, 1.82) is 0 Å². The van der Waals surface area contributed by atoms with Crippen LogP contribution in [-0.2, 0) is 19.6 Å². The molecule has 98 valence electrons. The fourth-order valence-corrected chi connectivity index (χ4v) is 2.93. The number of nitrogens with zero attached hydrogens (tertiary/aromatic N) is 1. The maximum absolute atomic E-state index is 5.30. The highest BCUT2D eigenvalue weighted by atomic mass is 79.9. The number of fused-ring (bicyclic) bond motifs is 1.